The average molecular weight is 393 g/mol. The highest BCUT2D eigenvalue weighted by Gasteiger charge is 2.24. The van der Waals surface area contributed by atoms with Gasteiger partial charge in [-0.2, -0.15) is 4.80 Å². The topological polar surface area (TPSA) is 77.6 Å². The molecule has 29 heavy (non-hydrogen) atoms. The van der Waals surface area contributed by atoms with Crippen molar-refractivity contribution in [3.63, 3.8) is 0 Å². The van der Waals surface area contributed by atoms with Crippen LogP contribution in [0.1, 0.15) is 11.4 Å². The van der Waals surface area contributed by atoms with E-state index in [9.17, 15) is 4.79 Å². The lowest BCUT2D eigenvalue weighted by Crippen LogP contribution is -3.13. The molecule has 0 atom stereocenters. The molecular weight excluding hydrogens is 368 g/mol. The number of hydrogen-bond donors (Lipinski definition) is 1. The van der Waals surface area contributed by atoms with Gasteiger partial charge in [0.25, 0.3) is 0 Å². The molecule has 1 N–H and O–H groups in total. The summed E-state index contributed by atoms with van der Waals surface area (Å²) < 4.78 is 5.61. The molecule has 1 aliphatic rings. The molecule has 0 spiro atoms. The van der Waals surface area contributed by atoms with E-state index in [1.54, 1.807) is 0 Å². The Balaban J connectivity index is 1.22. The van der Waals surface area contributed by atoms with E-state index in [0.717, 1.165) is 38.5 Å². The van der Waals surface area contributed by atoms with Gasteiger partial charge >= 0.3 is 0 Å². The molecule has 1 aromatic heterocycles. The predicted molar refractivity (Wildman–Crippen MR) is 106 cm³/mol. The maximum absolute atomic E-state index is 12.6. The van der Waals surface area contributed by atoms with Crippen LogP contribution in [-0.4, -0.2) is 57.2 Å². The van der Waals surface area contributed by atoms with Crippen LogP contribution in [0.5, 0.6) is 5.75 Å². The highest BCUT2D eigenvalue weighted by molar-refractivity contribution is 5.75. The number of piperazine rings is 1. The van der Waals surface area contributed by atoms with Crippen LogP contribution < -0.4 is 9.64 Å². The van der Waals surface area contributed by atoms with Crippen LogP contribution in [0.4, 0.5) is 0 Å². The molecule has 150 valence electrons. The highest BCUT2D eigenvalue weighted by Crippen LogP contribution is 2.09. The first-order valence-electron chi connectivity index (χ1n) is 9.86. The number of benzene rings is 2. The standard InChI is InChI=1S/C21H24N6O2/c28-21(26-13-11-25(12-14-26)15-18-7-3-1-4-8-18)16-27-23-20(22-24-27)17-29-19-9-5-2-6-10-19/h1-10H,11-17H2/p+1. The molecule has 0 saturated carbocycles. The Kier molecular flexibility index (Phi) is 6.11. The minimum absolute atomic E-state index is 0.0247. The third-order valence-electron chi connectivity index (χ3n) is 5.00. The fourth-order valence-corrected chi connectivity index (χ4v) is 3.42. The zero-order chi connectivity index (χ0) is 19.9. The molecule has 3 aromatic rings. The minimum atomic E-state index is 0.0247. The summed E-state index contributed by atoms with van der Waals surface area (Å²) in [4.78, 5) is 17.3. The second-order valence-corrected chi connectivity index (χ2v) is 7.13. The lowest BCUT2D eigenvalue weighted by Gasteiger charge is -2.32. The third-order valence-corrected chi connectivity index (χ3v) is 5.00. The van der Waals surface area contributed by atoms with Gasteiger partial charge in [-0.3, -0.25) is 4.79 Å². The molecule has 8 nitrogen and oxygen atoms in total. The molecule has 8 heteroatoms. The lowest BCUT2D eigenvalue weighted by molar-refractivity contribution is -0.917. The summed E-state index contributed by atoms with van der Waals surface area (Å²) >= 11 is 0. The molecule has 1 fully saturated rings. The van der Waals surface area contributed by atoms with Crippen molar-refractivity contribution in [2.75, 3.05) is 26.2 Å². The Morgan fingerprint density at radius 1 is 1.00 bits per heavy atom. The Morgan fingerprint density at radius 2 is 1.69 bits per heavy atom. The number of carbonyl (C=O) groups is 1. The lowest BCUT2D eigenvalue weighted by atomic mass is 10.2. The highest BCUT2D eigenvalue weighted by atomic mass is 16.5. The van der Waals surface area contributed by atoms with Crippen LogP contribution >= 0.6 is 0 Å². The minimum Gasteiger partial charge on any atom is -0.485 e. The monoisotopic (exact) mass is 393 g/mol. The summed E-state index contributed by atoms with van der Waals surface area (Å²) in [5.74, 6) is 1.23. The van der Waals surface area contributed by atoms with Crippen molar-refractivity contribution in [2.45, 2.75) is 19.7 Å². The molecule has 4 rings (SSSR count). The molecule has 2 heterocycles. The second-order valence-electron chi connectivity index (χ2n) is 7.13. The van der Waals surface area contributed by atoms with Crippen molar-refractivity contribution in [1.29, 1.82) is 0 Å². The summed E-state index contributed by atoms with van der Waals surface area (Å²) in [6, 6.07) is 19.9. The number of ether oxygens (including phenoxy) is 1. The van der Waals surface area contributed by atoms with Crippen molar-refractivity contribution < 1.29 is 14.4 Å². The number of carbonyl (C=O) groups excluding carboxylic acids is 1. The van der Waals surface area contributed by atoms with Gasteiger partial charge in [-0.1, -0.05) is 48.5 Å². The molecule has 1 amide bonds. The average Bonchev–Trinajstić information content (AvgIpc) is 3.21. The van der Waals surface area contributed by atoms with E-state index < -0.39 is 0 Å². The quantitative estimate of drug-likeness (QED) is 0.620. The summed E-state index contributed by atoms with van der Waals surface area (Å²) in [5, 5.41) is 12.2. The Morgan fingerprint density at radius 3 is 2.41 bits per heavy atom. The molecule has 0 aliphatic carbocycles. The van der Waals surface area contributed by atoms with Crippen LogP contribution in [0.15, 0.2) is 60.7 Å². The van der Waals surface area contributed by atoms with Crippen molar-refractivity contribution in [1.82, 2.24) is 25.1 Å². The molecule has 1 aliphatic heterocycles. The fraction of sp³-hybridized carbons (Fsp3) is 0.333. The van der Waals surface area contributed by atoms with Gasteiger partial charge in [0.05, 0.1) is 26.2 Å². The number of aromatic nitrogens is 4. The number of rotatable bonds is 7. The largest absolute Gasteiger partial charge is 0.485 e. The molecule has 1 saturated heterocycles. The maximum Gasteiger partial charge on any atom is 0.246 e. The molecule has 0 unspecified atom stereocenters. The number of para-hydroxylation sites is 1. The molecule has 2 aromatic carbocycles. The Bertz CT molecular complexity index is 907. The molecule has 0 radical (unpaired) electrons. The first kappa shape index (κ1) is 19.1. The number of amides is 1. The van der Waals surface area contributed by atoms with Crippen LogP contribution in [0.3, 0.4) is 0 Å². The van der Waals surface area contributed by atoms with Gasteiger partial charge in [0.15, 0.2) is 6.61 Å². The number of nitrogens with one attached hydrogen (secondary N) is 1. The normalized spacial score (nSPS) is 14.7. The number of hydrogen-bond acceptors (Lipinski definition) is 5. The van der Waals surface area contributed by atoms with Gasteiger partial charge in [0.1, 0.15) is 18.8 Å². The fourth-order valence-electron chi connectivity index (χ4n) is 3.42. The predicted octanol–water partition coefficient (Wildman–Crippen LogP) is 0.179. The van der Waals surface area contributed by atoms with Crippen molar-refractivity contribution in [3.8, 4) is 5.75 Å². The van der Waals surface area contributed by atoms with E-state index in [2.05, 4.69) is 39.7 Å². The van der Waals surface area contributed by atoms with Gasteiger partial charge in [-0.05, 0) is 17.3 Å². The van der Waals surface area contributed by atoms with Crippen LogP contribution in [-0.2, 0) is 24.5 Å². The van der Waals surface area contributed by atoms with E-state index >= 15 is 0 Å². The Hall–Kier alpha value is -3.26. The van der Waals surface area contributed by atoms with Gasteiger partial charge in [-0.15, -0.1) is 10.2 Å². The van der Waals surface area contributed by atoms with E-state index in [-0.39, 0.29) is 19.1 Å². The molecular formula is C21H25N6O2+. The first-order valence-corrected chi connectivity index (χ1v) is 9.86. The second kappa shape index (κ2) is 9.29. The van der Waals surface area contributed by atoms with E-state index in [1.807, 2.05) is 41.3 Å². The number of nitrogens with zero attached hydrogens (tertiary/aromatic N) is 5. The van der Waals surface area contributed by atoms with E-state index in [1.165, 1.54) is 15.3 Å². The first-order chi connectivity index (χ1) is 14.3. The Labute approximate surface area is 169 Å². The number of tetrazole rings is 1. The zero-order valence-corrected chi connectivity index (χ0v) is 16.3. The zero-order valence-electron chi connectivity index (χ0n) is 16.3. The van der Waals surface area contributed by atoms with Gasteiger partial charge in [0.2, 0.25) is 11.7 Å². The van der Waals surface area contributed by atoms with Crippen molar-refractivity contribution in [2.24, 2.45) is 0 Å². The van der Waals surface area contributed by atoms with Gasteiger partial charge < -0.3 is 14.5 Å². The van der Waals surface area contributed by atoms with Gasteiger partial charge in [-0.25, -0.2) is 0 Å². The summed E-state index contributed by atoms with van der Waals surface area (Å²) in [6.07, 6.45) is 0. The van der Waals surface area contributed by atoms with E-state index in [0.29, 0.717) is 5.82 Å². The third kappa shape index (κ3) is 5.39. The smallest absolute Gasteiger partial charge is 0.246 e. The van der Waals surface area contributed by atoms with Crippen LogP contribution in [0, 0.1) is 0 Å². The van der Waals surface area contributed by atoms with Crippen LogP contribution in [0.2, 0.25) is 0 Å². The molecule has 0 bridgehead atoms. The van der Waals surface area contributed by atoms with Gasteiger partial charge in [0, 0.05) is 5.56 Å². The van der Waals surface area contributed by atoms with Crippen molar-refractivity contribution >= 4 is 5.91 Å². The van der Waals surface area contributed by atoms with Crippen molar-refractivity contribution in [3.05, 3.63) is 72.1 Å². The summed E-state index contributed by atoms with van der Waals surface area (Å²) in [5.41, 5.74) is 1.33. The summed E-state index contributed by atoms with van der Waals surface area (Å²) in [6.45, 7) is 4.72. The van der Waals surface area contributed by atoms with Crippen LogP contribution in [0.25, 0.3) is 0 Å². The maximum atomic E-state index is 12.6. The SMILES string of the molecule is O=C(Cn1nnc(COc2ccccc2)n1)N1CC[NH+](Cc2ccccc2)CC1. The van der Waals surface area contributed by atoms with E-state index in [4.69, 9.17) is 4.74 Å². The number of quaternary nitrogens is 1. The summed E-state index contributed by atoms with van der Waals surface area (Å²) in [7, 11) is 0.